The number of hydrogen-bond acceptors (Lipinski definition) is 3. The highest BCUT2D eigenvalue weighted by Gasteiger charge is 2.35. The van der Waals surface area contributed by atoms with Crippen molar-refractivity contribution in [3.8, 4) is 22.7 Å². The Morgan fingerprint density at radius 1 is 1.08 bits per heavy atom. The summed E-state index contributed by atoms with van der Waals surface area (Å²) in [5, 5.41) is 12.6. The highest BCUT2D eigenvalue weighted by Crippen LogP contribution is 2.33. The van der Waals surface area contributed by atoms with Crippen molar-refractivity contribution in [1.29, 1.82) is 0 Å². The number of methoxy groups -OCH3 is 1. The quantitative estimate of drug-likeness (QED) is 0.753. The molecule has 0 unspecified atom stereocenters. The summed E-state index contributed by atoms with van der Waals surface area (Å²) in [7, 11) is 1.49. The Morgan fingerprint density at radius 3 is 2.19 bits per heavy atom. The molecule has 1 N–H and O–H groups in total. The second kappa shape index (κ2) is 6.55. The number of carboxylic acids is 1. The van der Waals surface area contributed by atoms with Crippen molar-refractivity contribution in [2.75, 3.05) is 7.11 Å². The van der Waals surface area contributed by atoms with Crippen LogP contribution in [0.5, 0.6) is 5.75 Å². The van der Waals surface area contributed by atoms with E-state index in [1.807, 2.05) is 0 Å². The molecule has 0 aliphatic carbocycles. The normalized spacial score (nSPS) is 11.4. The molecule has 8 heteroatoms. The molecule has 0 saturated heterocycles. The highest BCUT2D eigenvalue weighted by molar-refractivity contribution is 5.87. The summed E-state index contributed by atoms with van der Waals surface area (Å²) in [6.45, 7) is 0. The third kappa shape index (κ3) is 3.39. The van der Waals surface area contributed by atoms with Crippen molar-refractivity contribution in [2.45, 2.75) is 6.18 Å². The van der Waals surface area contributed by atoms with Gasteiger partial charge in [-0.15, -0.1) is 0 Å². The molecule has 0 aliphatic heterocycles. The van der Waals surface area contributed by atoms with Gasteiger partial charge in [0, 0.05) is 5.56 Å². The molecule has 3 rings (SSSR count). The van der Waals surface area contributed by atoms with Gasteiger partial charge >= 0.3 is 12.1 Å². The average molecular weight is 362 g/mol. The van der Waals surface area contributed by atoms with Gasteiger partial charge in [0.25, 0.3) is 0 Å². The largest absolute Gasteiger partial charge is 0.497 e. The SMILES string of the molecule is COc1ccc(-c2cc(C(F)(F)F)nn2-c2ccc(C(=O)O)cc2)cc1. The number of carboxylic acid groups (broad SMARTS) is 1. The second-order valence-corrected chi connectivity index (χ2v) is 5.40. The number of hydrogen-bond donors (Lipinski definition) is 1. The van der Waals surface area contributed by atoms with Crippen LogP contribution in [0.2, 0.25) is 0 Å². The molecule has 0 amide bonds. The van der Waals surface area contributed by atoms with Crippen LogP contribution in [0.25, 0.3) is 16.9 Å². The Balaban J connectivity index is 2.13. The lowest BCUT2D eigenvalue weighted by atomic mass is 10.1. The zero-order valence-electron chi connectivity index (χ0n) is 13.5. The van der Waals surface area contributed by atoms with E-state index in [9.17, 15) is 18.0 Å². The van der Waals surface area contributed by atoms with Gasteiger partial charge in [0.1, 0.15) is 5.75 Å². The fourth-order valence-electron chi connectivity index (χ4n) is 2.43. The van der Waals surface area contributed by atoms with Gasteiger partial charge < -0.3 is 9.84 Å². The minimum atomic E-state index is -4.60. The smallest absolute Gasteiger partial charge is 0.435 e. The van der Waals surface area contributed by atoms with E-state index in [2.05, 4.69) is 5.10 Å². The van der Waals surface area contributed by atoms with Crippen LogP contribution in [-0.2, 0) is 6.18 Å². The summed E-state index contributed by atoms with van der Waals surface area (Å²) in [6.07, 6.45) is -4.60. The van der Waals surface area contributed by atoms with Crippen LogP contribution < -0.4 is 4.74 Å². The topological polar surface area (TPSA) is 64.4 Å². The molecule has 0 atom stereocenters. The third-order valence-electron chi connectivity index (χ3n) is 3.74. The summed E-state index contributed by atoms with van der Waals surface area (Å²) >= 11 is 0. The van der Waals surface area contributed by atoms with E-state index >= 15 is 0 Å². The molecule has 0 fully saturated rings. The number of rotatable bonds is 4. The zero-order chi connectivity index (χ0) is 18.9. The van der Waals surface area contributed by atoms with Gasteiger partial charge in [-0.3, -0.25) is 0 Å². The number of aromatic carboxylic acids is 1. The molecule has 2 aromatic carbocycles. The molecule has 0 aliphatic rings. The first-order valence-corrected chi connectivity index (χ1v) is 7.45. The molecule has 26 heavy (non-hydrogen) atoms. The molecular weight excluding hydrogens is 349 g/mol. The first-order chi connectivity index (χ1) is 12.3. The molecule has 1 heterocycles. The molecule has 0 saturated carbocycles. The second-order valence-electron chi connectivity index (χ2n) is 5.40. The fourth-order valence-corrected chi connectivity index (χ4v) is 2.43. The molecule has 3 aromatic rings. The van der Waals surface area contributed by atoms with Gasteiger partial charge in [0.05, 0.1) is 24.1 Å². The maximum absolute atomic E-state index is 13.1. The van der Waals surface area contributed by atoms with Crippen molar-refractivity contribution in [3.63, 3.8) is 0 Å². The summed E-state index contributed by atoms with van der Waals surface area (Å²) in [5.41, 5.74) is 0.0454. The van der Waals surface area contributed by atoms with Crippen LogP contribution in [-0.4, -0.2) is 28.0 Å². The van der Waals surface area contributed by atoms with E-state index < -0.39 is 17.8 Å². The van der Waals surface area contributed by atoms with Gasteiger partial charge in [-0.25, -0.2) is 9.48 Å². The van der Waals surface area contributed by atoms with Gasteiger partial charge in [-0.1, -0.05) is 0 Å². The van der Waals surface area contributed by atoms with Gasteiger partial charge in [-0.05, 0) is 54.6 Å². The van der Waals surface area contributed by atoms with Crippen molar-refractivity contribution in [3.05, 3.63) is 65.9 Å². The van der Waals surface area contributed by atoms with E-state index in [0.717, 1.165) is 10.7 Å². The Kier molecular flexibility index (Phi) is 4.41. The summed E-state index contributed by atoms with van der Waals surface area (Å²) in [5.74, 6) is -0.551. The van der Waals surface area contributed by atoms with Crippen molar-refractivity contribution < 1.29 is 27.8 Å². The number of alkyl halides is 3. The molecule has 0 radical (unpaired) electrons. The van der Waals surface area contributed by atoms with E-state index in [-0.39, 0.29) is 11.3 Å². The van der Waals surface area contributed by atoms with Crippen LogP contribution in [0, 0.1) is 0 Å². The number of halogens is 3. The maximum Gasteiger partial charge on any atom is 0.435 e. The van der Waals surface area contributed by atoms with Crippen molar-refractivity contribution >= 4 is 5.97 Å². The standard InChI is InChI=1S/C18H13F3N2O3/c1-26-14-8-4-11(5-9-14)15-10-16(18(19,20)21)22-23(15)13-6-2-12(3-7-13)17(24)25/h2-10H,1H3,(H,24,25). The van der Waals surface area contributed by atoms with Gasteiger partial charge in [-0.2, -0.15) is 18.3 Å². The average Bonchev–Trinajstić information content (AvgIpc) is 3.07. The van der Waals surface area contributed by atoms with E-state index in [4.69, 9.17) is 9.84 Å². The number of carbonyl (C=O) groups is 1. The minimum absolute atomic E-state index is 0.0305. The zero-order valence-corrected chi connectivity index (χ0v) is 13.5. The van der Waals surface area contributed by atoms with E-state index in [0.29, 0.717) is 17.0 Å². The number of aromatic nitrogens is 2. The van der Waals surface area contributed by atoms with E-state index in [1.54, 1.807) is 24.3 Å². The lowest BCUT2D eigenvalue weighted by Gasteiger charge is -2.09. The molecule has 1 aromatic heterocycles. The third-order valence-corrected chi connectivity index (χ3v) is 3.74. The molecule has 5 nitrogen and oxygen atoms in total. The lowest BCUT2D eigenvalue weighted by molar-refractivity contribution is -0.141. The number of benzene rings is 2. The van der Waals surface area contributed by atoms with Crippen LogP contribution in [0.1, 0.15) is 16.1 Å². The summed E-state index contributed by atoms with van der Waals surface area (Å²) in [6, 6.07) is 12.9. The Morgan fingerprint density at radius 2 is 1.69 bits per heavy atom. The number of ether oxygens (including phenoxy) is 1. The minimum Gasteiger partial charge on any atom is -0.497 e. The first kappa shape index (κ1) is 17.5. The molecular formula is C18H13F3N2O3. The van der Waals surface area contributed by atoms with Crippen LogP contribution in [0.3, 0.4) is 0 Å². The van der Waals surface area contributed by atoms with E-state index in [1.165, 1.54) is 31.4 Å². The van der Waals surface area contributed by atoms with Gasteiger partial charge in [0.15, 0.2) is 5.69 Å². The Bertz CT molecular complexity index is 930. The highest BCUT2D eigenvalue weighted by atomic mass is 19.4. The molecule has 0 spiro atoms. The summed E-state index contributed by atoms with van der Waals surface area (Å²) < 4.78 is 45.6. The predicted molar refractivity (Wildman–Crippen MR) is 87.5 cm³/mol. The van der Waals surface area contributed by atoms with Gasteiger partial charge in [0.2, 0.25) is 0 Å². The molecule has 134 valence electrons. The van der Waals surface area contributed by atoms with Crippen LogP contribution in [0.4, 0.5) is 13.2 Å². The monoisotopic (exact) mass is 362 g/mol. The summed E-state index contributed by atoms with van der Waals surface area (Å²) in [4.78, 5) is 11.0. The van der Waals surface area contributed by atoms with Crippen molar-refractivity contribution in [1.82, 2.24) is 9.78 Å². The Labute approximate surface area is 146 Å². The maximum atomic E-state index is 13.1. The first-order valence-electron chi connectivity index (χ1n) is 7.45. The predicted octanol–water partition coefficient (Wildman–Crippen LogP) is 4.26. The fraction of sp³-hybridized carbons (Fsp3) is 0.111. The van der Waals surface area contributed by atoms with Crippen LogP contribution >= 0.6 is 0 Å². The Hall–Kier alpha value is -3.29. The number of nitrogens with zero attached hydrogens (tertiary/aromatic N) is 2. The lowest BCUT2D eigenvalue weighted by Crippen LogP contribution is -2.07. The van der Waals surface area contributed by atoms with Crippen molar-refractivity contribution in [2.24, 2.45) is 0 Å². The molecule has 0 bridgehead atoms. The van der Waals surface area contributed by atoms with Crippen LogP contribution in [0.15, 0.2) is 54.6 Å².